The van der Waals surface area contributed by atoms with E-state index in [4.69, 9.17) is 0 Å². The number of hydrogen-bond acceptors (Lipinski definition) is 2. The van der Waals surface area contributed by atoms with Crippen molar-refractivity contribution in [3.63, 3.8) is 0 Å². The van der Waals surface area contributed by atoms with Gasteiger partial charge in [-0.3, -0.25) is 4.90 Å². The van der Waals surface area contributed by atoms with Crippen molar-refractivity contribution in [2.75, 3.05) is 20.1 Å². The van der Waals surface area contributed by atoms with Gasteiger partial charge in [0.25, 0.3) is 0 Å². The quantitative estimate of drug-likeness (QED) is 0.835. The lowest BCUT2D eigenvalue weighted by Gasteiger charge is -2.16. The molecule has 1 aromatic carbocycles. The van der Waals surface area contributed by atoms with Gasteiger partial charge in [-0.1, -0.05) is 24.3 Å². The van der Waals surface area contributed by atoms with Crippen LogP contribution in [0.5, 0.6) is 0 Å². The Morgan fingerprint density at radius 2 is 2.06 bits per heavy atom. The summed E-state index contributed by atoms with van der Waals surface area (Å²) in [4.78, 5) is 2.54. The van der Waals surface area contributed by atoms with Crippen molar-refractivity contribution >= 4 is 0 Å². The van der Waals surface area contributed by atoms with Gasteiger partial charge in [-0.15, -0.1) is 0 Å². The van der Waals surface area contributed by atoms with Crippen molar-refractivity contribution in [2.45, 2.75) is 32.4 Å². The molecule has 0 aromatic heterocycles. The summed E-state index contributed by atoms with van der Waals surface area (Å²) in [5.41, 5.74) is 2.83. The Balaban J connectivity index is 2.03. The molecule has 1 aliphatic heterocycles. The molecule has 1 atom stereocenters. The highest BCUT2D eigenvalue weighted by atomic mass is 15.1. The molecule has 0 bridgehead atoms. The van der Waals surface area contributed by atoms with Crippen LogP contribution in [0.25, 0.3) is 0 Å². The minimum Gasteiger partial charge on any atom is -0.313 e. The van der Waals surface area contributed by atoms with Crippen LogP contribution in [0.2, 0.25) is 0 Å². The molecule has 1 N–H and O–H groups in total. The zero-order valence-corrected chi connectivity index (χ0v) is 10.4. The molecule has 0 aliphatic carbocycles. The average molecular weight is 218 g/mol. The molecular formula is C14H22N2. The number of hydrogen-bond donors (Lipinski definition) is 1. The SMILES string of the molecule is CN[C@H](C)c1cccc(CN2CCCC2)c1. The minimum absolute atomic E-state index is 0.443. The third-order valence-electron chi connectivity index (χ3n) is 3.49. The van der Waals surface area contributed by atoms with E-state index in [-0.39, 0.29) is 0 Å². The van der Waals surface area contributed by atoms with Crippen LogP contribution < -0.4 is 5.32 Å². The lowest BCUT2D eigenvalue weighted by molar-refractivity contribution is 0.331. The van der Waals surface area contributed by atoms with Crippen LogP contribution in [0, 0.1) is 0 Å². The molecule has 1 aromatic rings. The number of benzene rings is 1. The summed E-state index contributed by atoms with van der Waals surface area (Å²) in [6, 6.07) is 9.39. The van der Waals surface area contributed by atoms with Crippen LogP contribution >= 0.6 is 0 Å². The summed E-state index contributed by atoms with van der Waals surface area (Å²) < 4.78 is 0. The molecule has 1 fully saturated rings. The first kappa shape index (κ1) is 11.6. The maximum Gasteiger partial charge on any atom is 0.0289 e. The number of nitrogens with one attached hydrogen (secondary N) is 1. The van der Waals surface area contributed by atoms with Gasteiger partial charge in [0.05, 0.1) is 0 Å². The molecule has 2 rings (SSSR count). The molecule has 0 unspecified atom stereocenters. The van der Waals surface area contributed by atoms with Gasteiger partial charge >= 0.3 is 0 Å². The van der Waals surface area contributed by atoms with Crippen molar-refractivity contribution in [3.8, 4) is 0 Å². The second-order valence-corrected chi connectivity index (χ2v) is 4.74. The van der Waals surface area contributed by atoms with Crippen LogP contribution in [-0.4, -0.2) is 25.0 Å². The van der Waals surface area contributed by atoms with Crippen molar-refractivity contribution in [1.82, 2.24) is 10.2 Å². The molecular weight excluding hydrogens is 196 g/mol. The van der Waals surface area contributed by atoms with E-state index < -0.39 is 0 Å². The van der Waals surface area contributed by atoms with Crippen LogP contribution in [0.1, 0.15) is 36.9 Å². The smallest absolute Gasteiger partial charge is 0.0289 e. The Bertz CT molecular complexity index is 329. The van der Waals surface area contributed by atoms with Crippen molar-refractivity contribution in [3.05, 3.63) is 35.4 Å². The summed E-state index contributed by atoms with van der Waals surface area (Å²) in [5, 5.41) is 3.29. The molecule has 88 valence electrons. The van der Waals surface area contributed by atoms with Crippen LogP contribution in [-0.2, 0) is 6.54 Å². The van der Waals surface area contributed by atoms with Gasteiger partial charge < -0.3 is 5.32 Å². The lowest BCUT2D eigenvalue weighted by Crippen LogP contribution is -2.19. The highest BCUT2D eigenvalue weighted by Crippen LogP contribution is 2.17. The van der Waals surface area contributed by atoms with Gasteiger partial charge in [-0.05, 0) is 51.0 Å². The molecule has 2 heteroatoms. The van der Waals surface area contributed by atoms with Gasteiger partial charge in [-0.2, -0.15) is 0 Å². The monoisotopic (exact) mass is 218 g/mol. The normalized spacial score (nSPS) is 18.9. The standard InChI is InChI=1S/C14H22N2/c1-12(15-2)14-7-5-6-13(10-14)11-16-8-3-4-9-16/h5-7,10,12,15H,3-4,8-9,11H2,1-2H3/t12-/m1/s1. The van der Waals surface area contributed by atoms with Gasteiger partial charge in [0.2, 0.25) is 0 Å². The first-order valence-electron chi connectivity index (χ1n) is 6.28. The van der Waals surface area contributed by atoms with Crippen LogP contribution in [0.15, 0.2) is 24.3 Å². The Kier molecular flexibility index (Phi) is 3.97. The van der Waals surface area contributed by atoms with E-state index >= 15 is 0 Å². The second kappa shape index (κ2) is 5.46. The Labute approximate surface area is 98.7 Å². The fourth-order valence-electron chi connectivity index (χ4n) is 2.33. The van der Waals surface area contributed by atoms with Gasteiger partial charge in [0, 0.05) is 12.6 Å². The van der Waals surface area contributed by atoms with E-state index in [0.29, 0.717) is 6.04 Å². The fraction of sp³-hybridized carbons (Fsp3) is 0.571. The van der Waals surface area contributed by atoms with E-state index in [1.807, 2.05) is 7.05 Å². The summed E-state index contributed by atoms with van der Waals surface area (Å²) in [6.07, 6.45) is 2.74. The lowest BCUT2D eigenvalue weighted by atomic mass is 10.1. The molecule has 2 nitrogen and oxygen atoms in total. The third-order valence-corrected chi connectivity index (χ3v) is 3.49. The summed E-state index contributed by atoms with van der Waals surface area (Å²) in [7, 11) is 2.01. The molecule has 0 saturated carbocycles. The van der Waals surface area contributed by atoms with Gasteiger partial charge in [-0.25, -0.2) is 0 Å². The number of nitrogens with zero attached hydrogens (tertiary/aromatic N) is 1. The Morgan fingerprint density at radius 1 is 1.31 bits per heavy atom. The average Bonchev–Trinajstić information content (AvgIpc) is 2.81. The first-order valence-corrected chi connectivity index (χ1v) is 6.28. The predicted octanol–water partition coefficient (Wildman–Crippen LogP) is 2.56. The Morgan fingerprint density at radius 3 is 2.75 bits per heavy atom. The first-order chi connectivity index (χ1) is 7.79. The molecule has 1 heterocycles. The van der Waals surface area contributed by atoms with Gasteiger partial charge in [0.15, 0.2) is 0 Å². The molecule has 16 heavy (non-hydrogen) atoms. The molecule has 0 radical (unpaired) electrons. The van der Waals surface area contributed by atoms with Crippen molar-refractivity contribution < 1.29 is 0 Å². The van der Waals surface area contributed by atoms with Gasteiger partial charge in [0.1, 0.15) is 0 Å². The molecule has 1 saturated heterocycles. The molecule has 0 spiro atoms. The molecule has 0 amide bonds. The van der Waals surface area contributed by atoms with E-state index in [0.717, 1.165) is 6.54 Å². The van der Waals surface area contributed by atoms with E-state index in [9.17, 15) is 0 Å². The van der Waals surface area contributed by atoms with Crippen LogP contribution in [0.4, 0.5) is 0 Å². The predicted molar refractivity (Wildman–Crippen MR) is 68.4 cm³/mol. The number of likely N-dealkylation sites (tertiary alicyclic amines) is 1. The summed E-state index contributed by atoms with van der Waals surface area (Å²) >= 11 is 0. The zero-order valence-electron chi connectivity index (χ0n) is 10.4. The molecule has 1 aliphatic rings. The highest BCUT2D eigenvalue weighted by molar-refractivity contribution is 5.25. The topological polar surface area (TPSA) is 15.3 Å². The maximum atomic E-state index is 3.29. The maximum absolute atomic E-state index is 3.29. The van der Waals surface area contributed by atoms with Crippen molar-refractivity contribution in [2.24, 2.45) is 0 Å². The zero-order chi connectivity index (χ0) is 11.4. The summed E-state index contributed by atoms with van der Waals surface area (Å²) in [5.74, 6) is 0. The van der Waals surface area contributed by atoms with Crippen LogP contribution in [0.3, 0.4) is 0 Å². The van der Waals surface area contributed by atoms with E-state index in [2.05, 4.69) is 41.4 Å². The summed E-state index contributed by atoms with van der Waals surface area (Å²) in [6.45, 7) is 5.86. The number of rotatable bonds is 4. The van der Waals surface area contributed by atoms with E-state index in [1.54, 1.807) is 0 Å². The van der Waals surface area contributed by atoms with E-state index in [1.165, 1.54) is 37.1 Å². The Hall–Kier alpha value is -0.860. The second-order valence-electron chi connectivity index (χ2n) is 4.74. The largest absolute Gasteiger partial charge is 0.313 e. The van der Waals surface area contributed by atoms with Crippen molar-refractivity contribution in [1.29, 1.82) is 0 Å². The minimum atomic E-state index is 0.443. The fourth-order valence-corrected chi connectivity index (χ4v) is 2.33. The highest BCUT2D eigenvalue weighted by Gasteiger charge is 2.12. The third kappa shape index (κ3) is 2.83.